The summed E-state index contributed by atoms with van der Waals surface area (Å²) in [6.45, 7) is 2.46. The van der Waals surface area contributed by atoms with Gasteiger partial charge in [0.15, 0.2) is 0 Å². The van der Waals surface area contributed by atoms with Crippen molar-refractivity contribution in [2.75, 3.05) is 19.6 Å². The summed E-state index contributed by atoms with van der Waals surface area (Å²) in [4.78, 5) is 27.1. The number of piperazine rings is 1. The molecule has 0 aromatic heterocycles. The molecule has 0 aliphatic carbocycles. The summed E-state index contributed by atoms with van der Waals surface area (Å²) in [7, 11) is 0. The van der Waals surface area contributed by atoms with Crippen molar-refractivity contribution in [1.29, 1.82) is 0 Å². The molecule has 0 bridgehead atoms. The van der Waals surface area contributed by atoms with Crippen molar-refractivity contribution in [2.24, 2.45) is 0 Å². The first kappa shape index (κ1) is 17.1. The summed E-state index contributed by atoms with van der Waals surface area (Å²) in [6.07, 6.45) is 0. The van der Waals surface area contributed by atoms with Crippen LogP contribution < -0.4 is 0 Å². The molecule has 1 saturated heterocycles. The average molecular weight is 342 g/mol. The van der Waals surface area contributed by atoms with E-state index in [0.29, 0.717) is 26.2 Å². The smallest absolute Gasteiger partial charge is 0.335 e. The second kappa shape index (κ2) is 7.44. The van der Waals surface area contributed by atoms with Crippen LogP contribution in [0.25, 0.3) is 0 Å². The maximum atomic E-state index is 13.3. The minimum Gasteiger partial charge on any atom is -0.478 e. The number of carboxylic acid groups (broad SMARTS) is 1. The van der Waals surface area contributed by atoms with Crippen molar-refractivity contribution in [2.45, 2.75) is 13.1 Å². The Labute approximate surface area is 145 Å². The zero-order chi connectivity index (χ0) is 17.8. The number of carbonyl (C=O) groups excluding carboxylic acids is 1. The third-order valence-corrected chi connectivity index (χ3v) is 4.24. The Balaban J connectivity index is 1.59. The van der Waals surface area contributed by atoms with Gasteiger partial charge in [-0.1, -0.05) is 24.3 Å². The van der Waals surface area contributed by atoms with E-state index in [1.807, 2.05) is 11.0 Å². The van der Waals surface area contributed by atoms with Gasteiger partial charge in [-0.25, -0.2) is 9.18 Å². The van der Waals surface area contributed by atoms with Crippen molar-refractivity contribution >= 4 is 11.9 Å². The van der Waals surface area contributed by atoms with Crippen LogP contribution >= 0.6 is 0 Å². The molecule has 1 N–H and O–H groups in total. The molecule has 3 rings (SSSR count). The molecule has 0 saturated carbocycles. The van der Waals surface area contributed by atoms with E-state index < -0.39 is 5.97 Å². The summed E-state index contributed by atoms with van der Waals surface area (Å²) in [5.41, 5.74) is 1.89. The van der Waals surface area contributed by atoms with E-state index in [2.05, 4.69) is 0 Å². The Kier molecular flexibility index (Phi) is 5.09. The van der Waals surface area contributed by atoms with E-state index >= 15 is 0 Å². The molecule has 1 heterocycles. The Morgan fingerprint density at radius 2 is 1.76 bits per heavy atom. The highest BCUT2D eigenvalue weighted by Crippen LogP contribution is 2.14. The molecular formula is C19H19FN2O3. The second-order valence-electron chi connectivity index (χ2n) is 6.16. The highest BCUT2D eigenvalue weighted by molar-refractivity contribution is 5.87. The molecular weight excluding hydrogens is 323 g/mol. The summed E-state index contributed by atoms with van der Waals surface area (Å²) >= 11 is 0. The van der Waals surface area contributed by atoms with Gasteiger partial charge in [-0.15, -0.1) is 0 Å². The quantitative estimate of drug-likeness (QED) is 0.906. The van der Waals surface area contributed by atoms with Gasteiger partial charge in [0, 0.05) is 26.2 Å². The largest absolute Gasteiger partial charge is 0.478 e. The van der Waals surface area contributed by atoms with Gasteiger partial charge in [0.05, 0.1) is 12.1 Å². The van der Waals surface area contributed by atoms with Crippen LogP contribution in [0.3, 0.4) is 0 Å². The third-order valence-electron chi connectivity index (χ3n) is 4.24. The van der Waals surface area contributed by atoms with Gasteiger partial charge in [-0.05, 0) is 35.4 Å². The molecule has 1 aliphatic heterocycles. The van der Waals surface area contributed by atoms with E-state index in [1.54, 1.807) is 35.2 Å². The molecule has 0 unspecified atom stereocenters. The van der Waals surface area contributed by atoms with Crippen LogP contribution in [0.4, 0.5) is 4.39 Å². The van der Waals surface area contributed by atoms with Crippen LogP contribution in [-0.2, 0) is 17.9 Å². The molecule has 2 aromatic carbocycles. The summed E-state index contributed by atoms with van der Waals surface area (Å²) in [6, 6.07) is 13.0. The fourth-order valence-corrected chi connectivity index (χ4v) is 2.98. The molecule has 0 atom stereocenters. The predicted molar refractivity (Wildman–Crippen MR) is 90.5 cm³/mol. The van der Waals surface area contributed by atoms with E-state index in [0.717, 1.165) is 11.1 Å². The van der Waals surface area contributed by atoms with Crippen molar-refractivity contribution < 1.29 is 19.1 Å². The average Bonchev–Trinajstić information content (AvgIpc) is 2.58. The highest BCUT2D eigenvalue weighted by Gasteiger charge is 2.24. The molecule has 1 aliphatic rings. The molecule has 0 radical (unpaired) electrons. The summed E-state index contributed by atoms with van der Waals surface area (Å²) in [5, 5.41) is 9.05. The first-order valence-corrected chi connectivity index (χ1v) is 8.08. The molecule has 25 heavy (non-hydrogen) atoms. The minimum atomic E-state index is -0.960. The van der Waals surface area contributed by atoms with Crippen molar-refractivity contribution in [3.05, 3.63) is 71.0 Å². The lowest BCUT2D eigenvalue weighted by molar-refractivity contribution is -0.136. The molecule has 1 amide bonds. The van der Waals surface area contributed by atoms with Crippen LogP contribution in [0.15, 0.2) is 48.5 Å². The van der Waals surface area contributed by atoms with Gasteiger partial charge < -0.3 is 10.0 Å². The Bertz CT molecular complexity index is 794. The number of hydrogen-bond donors (Lipinski definition) is 1. The predicted octanol–water partition coefficient (Wildman–Crippen LogP) is 2.37. The van der Waals surface area contributed by atoms with Gasteiger partial charge in [0.25, 0.3) is 0 Å². The number of nitrogens with zero attached hydrogens (tertiary/aromatic N) is 2. The first-order chi connectivity index (χ1) is 12.0. The van der Waals surface area contributed by atoms with Gasteiger partial charge in [-0.3, -0.25) is 9.69 Å². The number of carboxylic acids is 1. The SMILES string of the molecule is O=C(O)c1cccc(CN2CCN(Cc3cccc(F)c3)C(=O)C2)c1. The van der Waals surface area contributed by atoms with Crippen LogP contribution in [0, 0.1) is 5.82 Å². The van der Waals surface area contributed by atoms with Crippen molar-refractivity contribution in [3.8, 4) is 0 Å². The molecule has 130 valence electrons. The zero-order valence-electron chi connectivity index (χ0n) is 13.7. The fourth-order valence-electron chi connectivity index (χ4n) is 2.98. The summed E-state index contributed by atoms with van der Waals surface area (Å²) in [5.74, 6) is -1.27. The number of carbonyl (C=O) groups is 2. The molecule has 2 aromatic rings. The lowest BCUT2D eigenvalue weighted by Gasteiger charge is -2.34. The van der Waals surface area contributed by atoms with Crippen LogP contribution in [0.5, 0.6) is 0 Å². The Morgan fingerprint density at radius 3 is 2.44 bits per heavy atom. The normalized spacial score (nSPS) is 15.4. The standard InChI is InChI=1S/C19H19FN2O3/c20-17-6-2-4-15(10-17)12-22-8-7-21(13-18(22)23)11-14-3-1-5-16(9-14)19(24)25/h1-6,9-10H,7-8,11-13H2,(H,24,25). The lowest BCUT2D eigenvalue weighted by Crippen LogP contribution is -2.49. The van der Waals surface area contributed by atoms with Crippen molar-refractivity contribution in [1.82, 2.24) is 9.80 Å². The highest BCUT2D eigenvalue weighted by atomic mass is 19.1. The Morgan fingerprint density at radius 1 is 1.04 bits per heavy atom. The third kappa shape index (κ3) is 4.42. The van der Waals surface area contributed by atoms with E-state index in [9.17, 15) is 14.0 Å². The summed E-state index contributed by atoms with van der Waals surface area (Å²) < 4.78 is 13.3. The van der Waals surface area contributed by atoms with Gasteiger partial charge in [-0.2, -0.15) is 0 Å². The van der Waals surface area contributed by atoms with Crippen molar-refractivity contribution in [3.63, 3.8) is 0 Å². The number of aromatic carboxylic acids is 1. The van der Waals surface area contributed by atoms with Crippen LogP contribution in [0.1, 0.15) is 21.5 Å². The maximum Gasteiger partial charge on any atom is 0.335 e. The van der Waals surface area contributed by atoms with Gasteiger partial charge >= 0.3 is 5.97 Å². The number of benzene rings is 2. The minimum absolute atomic E-state index is 0.00935. The number of hydrogen-bond acceptors (Lipinski definition) is 3. The molecule has 1 fully saturated rings. The lowest BCUT2D eigenvalue weighted by atomic mass is 10.1. The van der Waals surface area contributed by atoms with Gasteiger partial charge in [0.1, 0.15) is 5.82 Å². The number of amides is 1. The monoisotopic (exact) mass is 342 g/mol. The fraction of sp³-hybridized carbons (Fsp3) is 0.263. The topological polar surface area (TPSA) is 60.9 Å². The van der Waals surface area contributed by atoms with Crippen LogP contribution in [-0.4, -0.2) is 46.4 Å². The molecule has 6 heteroatoms. The molecule has 0 spiro atoms. The molecule has 5 nitrogen and oxygen atoms in total. The maximum absolute atomic E-state index is 13.3. The van der Waals surface area contributed by atoms with Gasteiger partial charge in [0.2, 0.25) is 5.91 Å². The number of halogens is 1. The Hall–Kier alpha value is -2.73. The van der Waals surface area contributed by atoms with Crippen LogP contribution in [0.2, 0.25) is 0 Å². The second-order valence-corrected chi connectivity index (χ2v) is 6.16. The number of rotatable bonds is 5. The first-order valence-electron chi connectivity index (χ1n) is 8.08. The zero-order valence-corrected chi connectivity index (χ0v) is 13.7. The van der Waals surface area contributed by atoms with E-state index in [1.165, 1.54) is 12.1 Å². The van der Waals surface area contributed by atoms with E-state index in [-0.39, 0.29) is 23.8 Å². The van der Waals surface area contributed by atoms with E-state index in [4.69, 9.17) is 5.11 Å².